The van der Waals surface area contributed by atoms with Gasteiger partial charge in [-0.3, -0.25) is 9.69 Å². The molecule has 1 unspecified atom stereocenters. The molecule has 1 aromatic carbocycles. The van der Waals surface area contributed by atoms with Crippen molar-refractivity contribution in [1.82, 2.24) is 4.90 Å². The Kier molecular flexibility index (Phi) is 5.16. The van der Waals surface area contributed by atoms with Gasteiger partial charge < -0.3 is 5.11 Å². The molecule has 20 heavy (non-hydrogen) atoms. The highest BCUT2D eigenvalue weighted by Crippen LogP contribution is 2.33. The van der Waals surface area contributed by atoms with Gasteiger partial charge in [-0.2, -0.15) is 0 Å². The van der Waals surface area contributed by atoms with Gasteiger partial charge in [-0.05, 0) is 37.5 Å². The number of carboxylic acids is 1. The van der Waals surface area contributed by atoms with Gasteiger partial charge in [-0.1, -0.05) is 34.8 Å². The van der Waals surface area contributed by atoms with Crippen molar-refractivity contribution in [3.8, 4) is 0 Å². The molecule has 5 heteroatoms. The Morgan fingerprint density at radius 1 is 1.50 bits per heavy atom. The monoisotopic (exact) mass is 343 g/mol. The van der Waals surface area contributed by atoms with Gasteiger partial charge in [-0.25, -0.2) is 4.39 Å². The van der Waals surface area contributed by atoms with E-state index in [0.717, 1.165) is 31.2 Å². The number of rotatable bonds is 5. The van der Waals surface area contributed by atoms with Crippen LogP contribution in [0.25, 0.3) is 0 Å². The molecular formula is C15H19BrFNO2. The minimum Gasteiger partial charge on any atom is -0.480 e. The van der Waals surface area contributed by atoms with Crippen LogP contribution in [0, 0.1) is 5.82 Å². The molecule has 1 aromatic rings. The normalized spacial score (nSPS) is 17.6. The van der Waals surface area contributed by atoms with E-state index in [4.69, 9.17) is 5.11 Å². The fraction of sp³-hybridized carbons (Fsp3) is 0.533. The SMILES string of the molecule is CC(c1ccc(F)cc1Br)N(CC(=O)O)C1CCCC1. The highest BCUT2D eigenvalue weighted by molar-refractivity contribution is 9.10. The number of benzene rings is 1. The number of nitrogens with zero attached hydrogens (tertiary/aromatic N) is 1. The lowest BCUT2D eigenvalue weighted by atomic mass is 10.0. The molecule has 3 nitrogen and oxygen atoms in total. The first-order chi connectivity index (χ1) is 9.49. The van der Waals surface area contributed by atoms with E-state index >= 15 is 0 Å². The third-order valence-corrected chi connectivity index (χ3v) is 4.71. The summed E-state index contributed by atoms with van der Waals surface area (Å²) in [4.78, 5) is 13.1. The van der Waals surface area contributed by atoms with Gasteiger partial charge in [0.15, 0.2) is 0 Å². The second-order valence-corrected chi connectivity index (χ2v) is 6.20. The van der Waals surface area contributed by atoms with E-state index in [1.807, 2.05) is 11.8 Å². The van der Waals surface area contributed by atoms with Crippen LogP contribution in [-0.4, -0.2) is 28.6 Å². The number of halogens is 2. The fourth-order valence-corrected chi connectivity index (χ4v) is 3.68. The highest BCUT2D eigenvalue weighted by atomic mass is 79.9. The van der Waals surface area contributed by atoms with E-state index in [1.165, 1.54) is 12.1 Å². The summed E-state index contributed by atoms with van der Waals surface area (Å²) in [6, 6.07) is 4.83. The van der Waals surface area contributed by atoms with Crippen molar-refractivity contribution in [2.75, 3.05) is 6.54 Å². The zero-order valence-electron chi connectivity index (χ0n) is 11.5. The number of carboxylic acid groups (broad SMARTS) is 1. The van der Waals surface area contributed by atoms with Crippen LogP contribution in [-0.2, 0) is 4.79 Å². The lowest BCUT2D eigenvalue weighted by Crippen LogP contribution is -2.39. The Balaban J connectivity index is 2.24. The van der Waals surface area contributed by atoms with Crippen LogP contribution < -0.4 is 0 Å². The summed E-state index contributed by atoms with van der Waals surface area (Å²) in [5, 5.41) is 9.14. The first-order valence-corrected chi connectivity index (χ1v) is 7.71. The highest BCUT2D eigenvalue weighted by Gasteiger charge is 2.29. The van der Waals surface area contributed by atoms with Gasteiger partial charge in [0.25, 0.3) is 0 Å². The number of aliphatic carboxylic acids is 1. The quantitative estimate of drug-likeness (QED) is 0.878. The van der Waals surface area contributed by atoms with Crippen molar-refractivity contribution in [2.45, 2.75) is 44.7 Å². The topological polar surface area (TPSA) is 40.5 Å². The Morgan fingerprint density at radius 3 is 2.70 bits per heavy atom. The number of hydrogen-bond donors (Lipinski definition) is 1. The third kappa shape index (κ3) is 3.58. The molecule has 0 aromatic heterocycles. The fourth-order valence-electron chi connectivity index (χ4n) is 2.99. The molecular weight excluding hydrogens is 325 g/mol. The van der Waals surface area contributed by atoms with Gasteiger partial charge in [-0.15, -0.1) is 0 Å². The lowest BCUT2D eigenvalue weighted by Gasteiger charge is -2.33. The Hall–Kier alpha value is -0.940. The molecule has 1 N–H and O–H groups in total. The largest absolute Gasteiger partial charge is 0.480 e. The van der Waals surface area contributed by atoms with Crippen LogP contribution in [0.15, 0.2) is 22.7 Å². The molecule has 1 fully saturated rings. The molecule has 0 amide bonds. The molecule has 0 aliphatic heterocycles. The Bertz CT molecular complexity index is 489. The molecule has 0 heterocycles. The van der Waals surface area contributed by atoms with E-state index in [0.29, 0.717) is 10.5 Å². The van der Waals surface area contributed by atoms with Crippen LogP contribution in [0.2, 0.25) is 0 Å². The summed E-state index contributed by atoms with van der Waals surface area (Å²) in [7, 11) is 0. The van der Waals surface area contributed by atoms with E-state index in [9.17, 15) is 9.18 Å². The zero-order chi connectivity index (χ0) is 14.7. The molecule has 2 rings (SSSR count). The van der Waals surface area contributed by atoms with Crippen molar-refractivity contribution < 1.29 is 14.3 Å². The van der Waals surface area contributed by atoms with Crippen molar-refractivity contribution in [3.63, 3.8) is 0 Å². The van der Waals surface area contributed by atoms with E-state index in [2.05, 4.69) is 15.9 Å². The number of hydrogen-bond acceptors (Lipinski definition) is 2. The molecule has 0 radical (unpaired) electrons. The van der Waals surface area contributed by atoms with Gasteiger partial charge >= 0.3 is 5.97 Å². The summed E-state index contributed by atoms with van der Waals surface area (Å²) in [5.41, 5.74) is 0.930. The van der Waals surface area contributed by atoms with Gasteiger partial charge in [0.2, 0.25) is 0 Å². The van der Waals surface area contributed by atoms with Crippen LogP contribution in [0.1, 0.15) is 44.2 Å². The molecule has 0 bridgehead atoms. The van der Waals surface area contributed by atoms with Gasteiger partial charge in [0.1, 0.15) is 5.82 Å². The zero-order valence-corrected chi connectivity index (χ0v) is 13.1. The maximum atomic E-state index is 13.2. The van der Waals surface area contributed by atoms with E-state index < -0.39 is 5.97 Å². The van der Waals surface area contributed by atoms with Crippen molar-refractivity contribution in [1.29, 1.82) is 0 Å². The average Bonchev–Trinajstić information content (AvgIpc) is 2.88. The lowest BCUT2D eigenvalue weighted by molar-refractivity contribution is -0.139. The predicted octanol–water partition coefficient (Wildman–Crippen LogP) is 3.98. The summed E-state index contributed by atoms with van der Waals surface area (Å²) >= 11 is 3.38. The molecule has 110 valence electrons. The minimum atomic E-state index is -0.818. The Labute approximate surface area is 126 Å². The molecule has 0 spiro atoms. The predicted molar refractivity (Wildman–Crippen MR) is 79.1 cm³/mol. The van der Waals surface area contributed by atoms with Crippen LogP contribution in [0.5, 0.6) is 0 Å². The van der Waals surface area contributed by atoms with Gasteiger partial charge in [0, 0.05) is 16.6 Å². The summed E-state index contributed by atoms with van der Waals surface area (Å²) in [5.74, 6) is -1.11. The Morgan fingerprint density at radius 2 is 2.15 bits per heavy atom. The molecule has 1 saturated carbocycles. The maximum Gasteiger partial charge on any atom is 0.317 e. The minimum absolute atomic E-state index is 0.0235. The standard InChI is InChI=1S/C15H19BrFNO2/c1-10(13-7-6-11(17)8-14(13)16)18(9-15(19)20)12-4-2-3-5-12/h6-8,10,12H,2-5,9H2,1H3,(H,19,20). The molecule has 1 atom stereocenters. The maximum absolute atomic E-state index is 13.2. The van der Waals surface area contributed by atoms with Crippen LogP contribution >= 0.6 is 15.9 Å². The number of carbonyl (C=O) groups is 1. The summed E-state index contributed by atoms with van der Waals surface area (Å²) in [6.45, 7) is 2.01. The second kappa shape index (κ2) is 6.68. The molecule has 0 saturated heterocycles. The first kappa shape index (κ1) is 15.4. The van der Waals surface area contributed by atoms with E-state index in [1.54, 1.807) is 6.07 Å². The van der Waals surface area contributed by atoms with E-state index in [-0.39, 0.29) is 18.4 Å². The van der Waals surface area contributed by atoms with Gasteiger partial charge in [0.05, 0.1) is 6.54 Å². The third-order valence-electron chi connectivity index (χ3n) is 4.02. The van der Waals surface area contributed by atoms with Crippen molar-refractivity contribution in [3.05, 3.63) is 34.1 Å². The molecule has 1 aliphatic carbocycles. The smallest absolute Gasteiger partial charge is 0.317 e. The second-order valence-electron chi connectivity index (χ2n) is 5.35. The molecule has 1 aliphatic rings. The van der Waals surface area contributed by atoms with Crippen LogP contribution in [0.3, 0.4) is 0 Å². The summed E-state index contributed by atoms with van der Waals surface area (Å²) < 4.78 is 13.9. The summed E-state index contributed by atoms with van der Waals surface area (Å²) in [6.07, 6.45) is 4.38. The van der Waals surface area contributed by atoms with Crippen molar-refractivity contribution >= 4 is 21.9 Å². The average molecular weight is 344 g/mol. The first-order valence-electron chi connectivity index (χ1n) is 6.91. The van der Waals surface area contributed by atoms with Crippen molar-refractivity contribution in [2.24, 2.45) is 0 Å². The van der Waals surface area contributed by atoms with Crippen LogP contribution in [0.4, 0.5) is 4.39 Å².